The number of carbonyl (C=O) groups excluding carboxylic acids is 2. The number of rotatable bonds is 8. The number of aryl methyl sites for hydroxylation is 1. The van der Waals surface area contributed by atoms with Gasteiger partial charge >= 0.3 is 6.03 Å². The first-order valence-corrected chi connectivity index (χ1v) is 10.6. The number of hydrogen-bond donors (Lipinski definition) is 2. The quantitative estimate of drug-likeness (QED) is 0.287. The second-order valence-electron chi connectivity index (χ2n) is 7.31. The number of nitrogens with zero attached hydrogens (tertiary/aromatic N) is 3. The molecule has 10 heteroatoms. The Bertz CT molecular complexity index is 1360. The van der Waals surface area contributed by atoms with Crippen LogP contribution in [0.2, 0.25) is 0 Å². The highest BCUT2D eigenvalue weighted by Crippen LogP contribution is 2.37. The summed E-state index contributed by atoms with van der Waals surface area (Å²) in [4.78, 5) is 32.4. The summed E-state index contributed by atoms with van der Waals surface area (Å²) in [6.45, 7) is 1.79. The maximum atomic E-state index is 12.7. The molecule has 0 bridgehead atoms. The molecule has 0 saturated heterocycles. The normalized spacial score (nSPS) is 10.4. The molecule has 178 valence electrons. The fourth-order valence-electron chi connectivity index (χ4n) is 3.38. The second-order valence-corrected chi connectivity index (χ2v) is 7.31. The van der Waals surface area contributed by atoms with Crippen molar-refractivity contribution in [3.05, 3.63) is 72.6 Å². The van der Waals surface area contributed by atoms with E-state index >= 15 is 0 Å². The standard InChI is InChI=1S/C25H23N5O5/c1-16-5-4-6-24(28-16)30(27-15-31)25(32)29-17-7-9-18(10-8-17)35-21-11-12-26-20-14-23(34-3)22(33-2)13-19(20)21/h4-15H,1-3H3,(H,27,31)(H,29,32). The smallest absolute Gasteiger partial charge is 0.346 e. The molecule has 2 aromatic carbocycles. The minimum absolute atomic E-state index is 0.283. The highest BCUT2D eigenvalue weighted by atomic mass is 16.5. The lowest BCUT2D eigenvalue weighted by atomic mass is 10.2. The molecule has 0 aliphatic carbocycles. The summed E-state index contributed by atoms with van der Waals surface area (Å²) in [5, 5.41) is 4.50. The summed E-state index contributed by atoms with van der Waals surface area (Å²) in [5.41, 5.74) is 4.25. The molecular weight excluding hydrogens is 450 g/mol. The number of ether oxygens (including phenoxy) is 3. The van der Waals surface area contributed by atoms with Gasteiger partial charge in [-0.2, -0.15) is 5.01 Å². The van der Waals surface area contributed by atoms with Gasteiger partial charge in [-0.05, 0) is 55.5 Å². The largest absolute Gasteiger partial charge is 0.493 e. The average Bonchev–Trinajstić information content (AvgIpc) is 2.87. The lowest BCUT2D eigenvalue weighted by molar-refractivity contribution is -0.109. The topological polar surface area (TPSA) is 115 Å². The van der Waals surface area contributed by atoms with E-state index in [-0.39, 0.29) is 5.82 Å². The molecule has 4 aromatic rings. The number of aromatic nitrogens is 2. The zero-order valence-corrected chi connectivity index (χ0v) is 19.3. The van der Waals surface area contributed by atoms with Crippen molar-refractivity contribution in [2.45, 2.75) is 6.92 Å². The molecule has 4 rings (SSSR count). The molecule has 0 saturated carbocycles. The van der Waals surface area contributed by atoms with Crippen molar-refractivity contribution in [3.63, 3.8) is 0 Å². The Morgan fingerprint density at radius 2 is 1.71 bits per heavy atom. The van der Waals surface area contributed by atoms with Crippen LogP contribution in [0.5, 0.6) is 23.0 Å². The number of fused-ring (bicyclic) bond motifs is 1. The van der Waals surface area contributed by atoms with Gasteiger partial charge in [-0.3, -0.25) is 15.2 Å². The van der Waals surface area contributed by atoms with Gasteiger partial charge in [0, 0.05) is 29.0 Å². The molecule has 2 heterocycles. The zero-order chi connectivity index (χ0) is 24.8. The maximum Gasteiger partial charge on any atom is 0.346 e. The van der Waals surface area contributed by atoms with E-state index in [1.54, 1.807) is 88.0 Å². The van der Waals surface area contributed by atoms with Crippen LogP contribution in [0.1, 0.15) is 5.69 Å². The lowest BCUT2D eigenvalue weighted by Crippen LogP contribution is -2.45. The molecule has 2 aromatic heterocycles. The van der Waals surface area contributed by atoms with Crippen LogP contribution in [0.4, 0.5) is 16.3 Å². The molecule has 0 fully saturated rings. The first-order chi connectivity index (χ1) is 17.0. The monoisotopic (exact) mass is 473 g/mol. The number of pyridine rings is 2. The van der Waals surface area contributed by atoms with E-state index < -0.39 is 6.03 Å². The minimum Gasteiger partial charge on any atom is -0.493 e. The Morgan fingerprint density at radius 1 is 0.971 bits per heavy atom. The summed E-state index contributed by atoms with van der Waals surface area (Å²) < 4.78 is 16.8. The number of nitrogens with one attached hydrogen (secondary N) is 2. The van der Waals surface area contributed by atoms with Crippen LogP contribution in [-0.2, 0) is 4.79 Å². The van der Waals surface area contributed by atoms with Gasteiger partial charge in [0.25, 0.3) is 0 Å². The highest BCUT2D eigenvalue weighted by molar-refractivity contribution is 6.01. The first-order valence-electron chi connectivity index (χ1n) is 10.6. The van der Waals surface area contributed by atoms with Gasteiger partial charge in [0.05, 0.1) is 19.7 Å². The SMILES string of the molecule is COc1cc2nccc(Oc3ccc(NC(=O)N(NC=O)c4cccc(C)n4)cc3)c2cc1OC. The van der Waals surface area contributed by atoms with Crippen molar-refractivity contribution in [2.24, 2.45) is 0 Å². The highest BCUT2D eigenvalue weighted by Gasteiger charge is 2.17. The van der Waals surface area contributed by atoms with Crippen LogP contribution >= 0.6 is 0 Å². The molecule has 2 N–H and O–H groups in total. The molecular formula is C25H23N5O5. The van der Waals surface area contributed by atoms with Crippen LogP contribution in [-0.4, -0.2) is 36.6 Å². The lowest BCUT2D eigenvalue weighted by Gasteiger charge is -2.20. The van der Waals surface area contributed by atoms with Gasteiger partial charge < -0.3 is 19.5 Å². The van der Waals surface area contributed by atoms with Crippen LogP contribution in [0.3, 0.4) is 0 Å². The predicted octanol–water partition coefficient (Wildman–Crippen LogP) is 4.45. The van der Waals surface area contributed by atoms with E-state index in [0.717, 1.165) is 10.4 Å². The van der Waals surface area contributed by atoms with Crippen LogP contribution in [0.25, 0.3) is 10.9 Å². The molecule has 3 amide bonds. The number of hydrazine groups is 1. The van der Waals surface area contributed by atoms with Crippen molar-refractivity contribution in [1.82, 2.24) is 15.4 Å². The van der Waals surface area contributed by atoms with E-state index in [4.69, 9.17) is 14.2 Å². The Labute approximate surface area is 201 Å². The van der Waals surface area contributed by atoms with Crippen molar-refractivity contribution in [3.8, 4) is 23.0 Å². The van der Waals surface area contributed by atoms with E-state index in [0.29, 0.717) is 46.3 Å². The van der Waals surface area contributed by atoms with Gasteiger partial charge in [-0.15, -0.1) is 0 Å². The van der Waals surface area contributed by atoms with Crippen LogP contribution in [0, 0.1) is 6.92 Å². The van der Waals surface area contributed by atoms with Crippen molar-refractivity contribution < 1.29 is 23.8 Å². The first kappa shape index (κ1) is 23.3. The van der Waals surface area contributed by atoms with E-state index in [1.165, 1.54) is 0 Å². The zero-order valence-electron chi connectivity index (χ0n) is 19.3. The number of methoxy groups -OCH3 is 2. The number of amides is 3. The second kappa shape index (κ2) is 10.4. The third-order valence-electron chi connectivity index (χ3n) is 5.03. The molecule has 0 spiro atoms. The van der Waals surface area contributed by atoms with Crippen molar-refractivity contribution >= 4 is 34.8 Å². The number of carbonyl (C=O) groups is 2. The van der Waals surface area contributed by atoms with E-state index in [9.17, 15) is 9.59 Å². The Morgan fingerprint density at radius 3 is 2.40 bits per heavy atom. The predicted molar refractivity (Wildman–Crippen MR) is 131 cm³/mol. The summed E-state index contributed by atoms with van der Waals surface area (Å²) in [6, 6.07) is 16.7. The molecule has 0 radical (unpaired) electrons. The Balaban J connectivity index is 1.52. The van der Waals surface area contributed by atoms with Gasteiger partial charge in [-0.25, -0.2) is 9.78 Å². The molecule has 0 aliphatic rings. The molecule has 0 atom stereocenters. The van der Waals surface area contributed by atoms with E-state index in [1.807, 2.05) is 0 Å². The number of urea groups is 1. The van der Waals surface area contributed by atoms with Crippen LogP contribution < -0.4 is 30.0 Å². The maximum absolute atomic E-state index is 12.7. The fourth-order valence-corrected chi connectivity index (χ4v) is 3.38. The average molecular weight is 473 g/mol. The van der Waals surface area contributed by atoms with Crippen LogP contribution in [0.15, 0.2) is 66.9 Å². The number of anilines is 2. The molecule has 10 nitrogen and oxygen atoms in total. The summed E-state index contributed by atoms with van der Waals surface area (Å²) in [6.07, 6.45) is 2.05. The Hall–Kier alpha value is -4.86. The van der Waals surface area contributed by atoms with Crippen molar-refractivity contribution in [1.29, 1.82) is 0 Å². The van der Waals surface area contributed by atoms with Gasteiger partial charge in [-0.1, -0.05) is 6.07 Å². The summed E-state index contributed by atoms with van der Waals surface area (Å²) in [7, 11) is 3.13. The fraction of sp³-hybridized carbons (Fsp3) is 0.120. The van der Waals surface area contributed by atoms with Gasteiger partial charge in [0.1, 0.15) is 11.5 Å². The summed E-state index contributed by atoms with van der Waals surface area (Å²) >= 11 is 0. The third kappa shape index (κ3) is 5.22. The van der Waals surface area contributed by atoms with Gasteiger partial charge in [0.15, 0.2) is 17.3 Å². The molecule has 0 unspecified atom stereocenters. The number of hydrogen-bond acceptors (Lipinski definition) is 7. The number of benzene rings is 2. The van der Waals surface area contributed by atoms with E-state index in [2.05, 4.69) is 20.7 Å². The van der Waals surface area contributed by atoms with Crippen molar-refractivity contribution in [2.75, 3.05) is 24.5 Å². The minimum atomic E-state index is -0.579. The van der Waals surface area contributed by atoms with Gasteiger partial charge in [0.2, 0.25) is 6.41 Å². The Kier molecular flexibility index (Phi) is 6.91. The summed E-state index contributed by atoms with van der Waals surface area (Å²) in [5.74, 6) is 2.55. The molecule has 0 aliphatic heterocycles. The third-order valence-corrected chi connectivity index (χ3v) is 5.03. The molecule has 35 heavy (non-hydrogen) atoms.